The molecular formula is C10H15F2N. The number of alkyl halides is 2. The summed E-state index contributed by atoms with van der Waals surface area (Å²) in [6, 6.07) is 0. The van der Waals surface area contributed by atoms with Crippen molar-refractivity contribution in [2.45, 2.75) is 31.6 Å². The highest BCUT2D eigenvalue weighted by atomic mass is 19.3. The highest BCUT2D eigenvalue weighted by Gasteiger charge is 2.86. The van der Waals surface area contributed by atoms with Crippen molar-refractivity contribution in [3.8, 4) is 0 Å². The lowest BCUT2D eigenvalue weighted by Crippen LogP contribution is -2.29. The molecule has 0 unspecified atom stereocenters. The summed E-state index contributed by atoms with van der Waals surface area (Å²) in [5.74, 6) is -2.24. The molecule has 3 rings (SSSR count). The topological polar surface area (TPSA) is 12.0 Å². The van der Waals surface area contributed by atoms with Crippen LogP contribution < -0.4 is 5.32 Å². The van der Waals surface area contributed by atoms with Gasteiger partial charge >= 0.3 is 0 Å². The van der Waals surface area contributed by atoms with Gasteiger partial charge in [-0.05, 0) is 44.7 Å². The van der Waals surface area contributed by atoms with Crippen molar-refractivity contribution in [3.63, 3.8) is 0 Å². The van der Waals surface area contributed by atoms with Crippen molar-refractivity contribution in [1.82, 2.24) is 5.32 Å². The van der Waals surface area contributed by atoms with Gasteiger partial charge in [-0.25, -0.2) is 8.78 Å². The molecule has 0 aromatic carbocycles. The minimum Gasteiger partial charge on any atom is -0.317 e. The van der Waals surface area contributed by atoms with Gasteiger partial charge in [-0.1, -0.05) is 0 Å². The Hall–Kier alpha value is -0.180. The third-order valence-corrected chi connectivity index (χ3v) is 4.21. The van der Waals surface area contributed by atoms with E-state index in [1.54, 1.807) is 0 Å². The second kappa shape index (κ2) is 2.25. The molecule has 0 amide bonds. The molecule has 1 heterocycles. The summed E-state index contributed by atoms with van der Waals surface area (Å²) in [6.45, 7) is 1.88. The highest BCUT2D eigenvalue weighted by molar-refractivity contribution is 5.27. The number of halogens is 2. The van der Waals surface area contributed by atoms with E-state index in [2.05, 4.69) is 5.32 Å². The number of rotatable bonds is 1. The molecule has 13 heavy (non-hydrogen) atoms. The fraction of sp³-hybridized carbons (Fsp3) is 1.00. The lowest BCUT2D eigenvalue weighted by Gasteiger charge is -2.22. The van der Waals surface area contributed by atoms with Crippen LogP contribution in [0.2, 0.25) is 0 Å². The first kappa shape index (κ1) is 8.16. The molecule has 1 atom stereocenters. The van der Waals surface area contributed by atoms with Crippen LogP contribution in [0.15, 0.2) is 0 Å². The van der Waals surface area contributed by atoms with Crippen LogP contribution in [0.1, 0.15) is 25.7 Å². The maximum Gasteiger partial charge on any atom is 0.257 e. The van der Waals surface area contributed by atoms with E-state index < -0.39 is 11.3 Å². The Morgan fingerprint density at radius 2 is 1.69 bits per heavy atom. The molecule has 0 radical (unpaired) electrons. The van der Waals surface area contributed by atoms with Crippen LogP contribution >= 0.6 is 0 Å². The van der Waals surface area contributed by atoms with Crippen LogP contribution in [-0.4, -0.2) is 19.0 Å². The molecule has 1 spiro atoms. The molecule has 3 aliphatic rings. The molecule has 1 aliphatic heterocycles. The number of hydrogen-bond donors (Lipinski definition) is 1. The van der Waals surface area contributed by atoms with Crippen molar-refractivity contribution in [2.24, 2.45) is 17.3 Å². The third kappa shape index (κ3) is 0.888. The second-order valence-corrected chi connectivity index (χ2v) is 4.84. The van der Waals surface area contributed by atoms with E-state index in [1.165, 1.54) is 0 Å². The predicted molar refractivity (Wildman–Crippen MR) is 45.7 cm³/mol. The van der Waals surface area contributed by atoms with E-state index in [-0.39, 0.29) is 5.92 Å². The zero-order chi connectivity index (χ0) is 9.10. The molecule has 3 fully saturated rings. The maximum atomic E-state index is 13.4. The normalized spacial score (nSPS) is 40.6. The molecule has 1 N–H and O–H groups in total. The van der Waals surface area contributed by atoms with Gasteiger partial charge in [0.15, 0.2) is 0 Å². The maximum absolute atomic E-state index is 13.4. The van der Waals surface area contributed by atoms with E-state index in [9.17, 15) is 8.78 Å². The molecule has 0 bridgehead atoms. The number of piperidine rings is 1. The summed E-state index contributed by atoms with van der Waals surface area (Å²) in [5, 5.41) is 3.23. The zero-order valence-electron chi connectivity index (χ0n) is 7.65. The molecular weight excluding hydrogens is 172 g/mol. The summed E-state index contributed by atoms with van der Waals surface area (Å²) in [5.41, 5.74) is -0.491. The minimum atomic E-state index is -2.30. The lowest BCUT2D eigenvalue weighted by molar-refractivity contribution is 0.0668. The van der Waals surface area contributed by atoms with Gasteiger partial charge in [0, 0.05) is 11.3 Å². The van der Waals surface area contributed by atoms with Crippen LogP contribution in [0.25, 0.3) is 0 Å². The Morgan fingerprint density at radius 3 is 2.15 bits per heavy atom. The van der Waals surface area contributed by atoms with Gasteiger partial charge in [-0.3, -0.25) is 0 Å². The van der Waals surface area contributed by atoms with Gasteiger partial charge in [0.25, 0.3) is 5.92 Å². The first-order chi connectivity index (χ1) is 6.18. The molecule has 2 saturated carbocycles. The van der Waals surface area contributed by atoms with Gasteiger partial charge in [0.2, 0.25) is 0 Å². The van der Waals surface area contributed by atoms with Crippen molar-refractivity contribution in [1.29, 1.82) is 0 Å². The molecule has 1 saturated heterocycles. The Bertz CT molecular complexity index is 225. The number of hydrogen-bond acceptors (Lipinski definition) is 1. The smallest absolute Gasteiger partial charge is 0.257 e. The molecule has 3 heteroatoms. The van der Waals surface area contributed by atoms with Gasteiger partial charge in [0.1, 0.15) is 0 Å². The Kier molecular flexibility index (Phi) is 1.41. The van der Waals surface area contributed by atoms with Crippen molar-refractivity contribution in [3.05, 3.63) is 0 Å². The highest BCUT2D eigenvalue weighted by Crippen LogP contribution is 2.82. The third-order valence-electron chi connectivity index (χ3n) is 4.21. The SMILES string of the molecule is FC1(F)[C@@H](C2CCNCC2)C12CC2. The zero-order valence-corrected chi connectivity index (χ0v) is 7.65. The van der Waals surface area contributed by atoms with Gasteiger partial charge in [-0.15, -0.1) is 0 Å². The van der Waals surface area contributed by atoms with Crippen LogP contribution in [0.5, 0.6) is 0 Å². The predicted octanol–water partition coefficient (Wildman–Crippen LogP) is 2.03. The van der Waals surface area contributed by atoms with E-state index in [0.29, 0.717) is 5.92 Å². The standard InChI is InChI=1S/C10H15F2N/c11-10(12)8(9(10)3-4-9)7-1-5-13-6-2-7/h7-8,13H,1-6H2/t8-/m0/s1. The van der Waals surface area contributed by atoms with Crippen LogP contribution in [0.3, 0.4) is 0 Å². The van der Waals surface area contributed by atoms with E-state index in [0.717, 1.165) is 38.8 Å². The summed E-state index contributed by atoms with van der Waals surface area (Å²) in [4.78, 5) is 0. The van der Waals surface area contributed by atoms with E-state index in [1.807, 2.05) is 0 Å². The van der Waals surface area contributed by atoms with Crippen molar-refractivity contribution < 1.29 is 8.78 Å². The summed E-state index contributed by atoms with van der Waals surface area (Å²) in [7, 11) is 0. The van der Waals surface area contributed by atoms with Gasteiger partial charge in [-0.2, -0.15) is 0 Å². The first-order valence-electron chi connectivity index (χ1n) is 5.27. The molecule has 1 nitrogen and oxygen atoms in total. The molecule has 74 valence electrons. The Morgan fingerprint density at radius 1 is 1.08 bits per heavy atom. The van der Waals surface area contributed by atoms with Crippen LogP contribution in [0.4, 0.5) is 8.78 Å². The monoisotopic (exact) mass is 187 g/mol. The van der Waals surface area contributed by atoms with Gasteiger partial charge in [0.05, 0.1) is 0 Å². The Balaban J connectivity index is 1.73. The van der Waals surface area contributed by atoms with Crippen LogP contribution in [-0.2, 0) is 0 Å². The van der Waals surface area contributed by atoms with Crippen molar-refractivity contribution in [2.75, 3.05) is 13.1 Å². The quantitative estimate of drug-likeness (QED) is 0.662. The Labute approximate surface area is 76.9 Å². The summed E-state index contributed by atoms with van der Waals surface area (Å²) >= 11 is 0. The average molecular weight is 187 g/mol. The summed E-state index contributed by atoms with van der Waals surface area (Å²) in [6.07, 6.45) is 3.49. The second-order valence-electron chi connectivity index (χ2n) is 4.84. The fourth-order valence-corrected chi connectivity index (χ4v) is 3.24. The molecule has 0 aromatic rings. The van der Waals surface area contributed by atoms with Crippen LogP contribution in [0, 0.1) is 17.3 Å². The first-order valence-corrected chi connectivity index (χ1v) is 5.27. The molecule has 0 aromatic heterocycles. The summed E-state index contributed by atoms with van der Waals surface area (Å²) < 4.78 is 26.8. The van der Waals surface area contributed by atoms with Gasteiger partial charge < -0.3 is 5.32 Å². The average Bonchev–Trinajstić information content (AvgIpc) is 2.95. The largest absolute Gasteiger partial charge is 0.317 e. The lowest BCUT2D eigenvalue weighted by atomic mass is 9.91. The van der Waals surface area contributed by atoms with E-state index >= 15 is 0 Å². The molecule has 2 aliphatic carbocycles. The minimum absolute atomic E-state index is 0.248. The van der Waals surface area contributed by atoms with E-state index in [4.69, 9.17) is 0 Å². The fourth-order valence-electron chi connectivity index (χ4n) is 3.24. The van der Waals surface area contributed by atoms with Crippen molar-refractivity contribution >= 4 is 0 Å². The number of nitrogens with one attached hydrogen (secondary N) is 1.